The minimum absolute atomic E-state index is 0.0493. The number of ether oxygens (including phenoxy) is 1. The predicted octanol–water partition coefficient (Wildman–Crippen LogP) is 5.25. The van der Waals surface area contributed by atoms with Crippen LogP contribution in [0.2, 0.25) is 10.0 Å². The third-order valence-electron chi connectivity index (χ3n) is 5.81. The number of methoxy groups -OCH3 is 1. The normalized spacial score (nSPS) is 12.4. The molecule has 0 fully saturated rings. The van der Waals surface area contributed by atoms with Gasteiger partial charge in [0, 0.05) is 42.8 Å². The molecule has 0 bridgehead atoms. The van der Waals surface area contributed by atoms with Crippen molar-refractivity contribution in [2.45, 2.75) is 19.0 Å². The van der Waals surface area contributed by atoms with Crippen molar-refractivity contribution in [2.24, 2.45) is 0 Å². The quantitative estimate of drug-likeness (QED) is 0.241. The molecule has 196 valence electrons. The molecule has 4 aromatic heterocycles. The lowest BCUT2D eigenvalue weighted by Gasteiger charge is -2.18. The van der Waals surface area contributed by atoms with Gasteiger partial charge in [-0.15, -0.1) is 5.10 Å². The van der Waals surface area contributed by atoms with E-state index < -0.39 is 18.4 Å². The molecule has 0 N–H and O–H groups in total. The summed E-state index contributed by atoms with van der Waals surface area (Å²) in [6.45, 7) is -2.50. The van der Waals surface area contributed by atoms with E-state index in [0.717, 1.165) is 6.20 Å². The summed E-state index contributed by atoms with van der Waals surface area (Å²) in [5.41, 5.74) is 1.99. The van der Waals surface area contributed by atoms with Crippen LogP contribution in [0.3, 0.4) is 0 Å². The molecule has 1 atom stereocenters. The molecule has 0 radical (unpaired) electrons. The maximum Gasteiger partial charge on any atom is 0.333 e. The summed E-state index contributed by atoms with van der Waals surface area (Å²) in [6.07, 6.45) is 7.48. The van der Waals surface area contributed by atoms with Crippen LogP contribution in [0.4, 0.5) is 13.2 Å². The fourth-order valence-electron chi connectivity index (χ4n) is 4.06. The number of benzene rings is 1. The van der Waals surface area contributed by atoms with Crippen LogP contribution in [-0.2, 0) is 4.74 Å². The molecule has 5 rings (SSSR count). The van der Waals surface area contributed by atoms with Gasteiger partial charge in [-0.3, -0.25) is 9.67 Å². The fraction of sp³-hybridized carbons (Fsp3) is 0.217. The Kier molecular flexibility index (Phi) is 7.40. The number of hydrogen-bond donors (Lipinski definition) is 0. The lowest BCUT2D eigenvalue weighted by atomic mass is 10.0. The molecule has 0 aliphatic rings. The number of alkyl halides is 2. The number of hydrogen-bond acceptors (Lipinski definition) is 7. The first-order valence-electron chi connectivity index (χ1n) is 11.1. The summed E-state index contributed by atoms with van der Waals surface area (Å²) in [5, 5.41) is 19.1. The van der Waals surface area contributed by atoms with Crippen molar-refractivity contribution in [1.82, 2.24) is 44.8 Å². The Morgan fingerprint density at radius 2 is 1.84 bits per heavy atom. The monoisotopic (exact) mass is 563 g/mol. The highest BCUT2D eigenvalue weighted by atomic mass is 35.5. The van der Waals surface area contributed by atoms with Gasteiger partial charge in [0.1, 0.15) is 6.33 Å². The smallest absolute Gasteiger partial charge is 0.333 e. The summed E-state index contributed by atoms with van der Waals surface area (Å²) >= 11 is 12.2. The number of pyridine rings is 1. The van der Waals surface area contributed by atoms with Gasteiger partial charge >= 0.3 is 6.55 Å². The van der Waals surface area contributed by atoms with E-state index in [1.54, 1.807) is 36.2 Å². The van der Waals surface area contributed by atoms with Gasteiger partial charge in [0.2, 0.25) is 0 Å². The lowest BCUT2D eigenvalue weighted by Crippen LogP contribution is -2.15. The van der Waals surface area contributed by atoms with Crippen LogP contribution >= 0.6 is 23.2 Å². The summed E-state index contributed by atoms with van der Waals surface area (Å²) < 4.78 is 50.7. The Morgan fingerprint density at radius 3 is 2.53 bits per heavy atom. The average Bonchev–Trinajstić information content (AvgIpc) is 3.68. The number of nitrogens with zero attached hydrogens (tertiary/aromatic N) is 9. The van der Waals surface area contributed by atoms with E-state index in [1.165, 1.54) is 29.5 Å². The molecule has 1 unspecified atom stereocenters. The first kappa shape index (κ1) is 25.8. The van der Waals surface area contributed by atoms with Crippen molar-refractivity contribution in [3.8, 4) is 28.1 Å². The van der Waals surface area contributed by atoms with Crippen LogP contribution in [-0.4, -0.2) is 58.5 Å². The minimum atomic E-state index is -2.87. The Labute approximate surface area is 223 Å². The van der Waals surface area contributed by atoms with E-state index in [9.17, 15) is 8.78 Å². The molecule has 0 saturated heterocycles. The van der Waals surface area contributed by atoms with Crippen LogP contribution in [0.5, 0.6) is 0 Å². The molecule has 0 spiro atoms. The van der Waals surface area contributed by atoms with Gasteiger partial charge in [-0.25, -0.2) is 9.07 Å². The lowest BCUT2D eigenvalue weighted by molar-refractivity contribution is 0.0585. The predicted molar refractivity (Wildman–Crippen MR) is 132 cm³/mol. The summed E-state index contributed by atoms with van der Waals surface area (Å²) in [6, 6.07) is 6.01. The highest BCUT2D eigenvalue weighted by Crippen LogP contribution is 2.35. The van der Waals surface area contributed by atoms with Gasteiger partial charge in [-0.05, 0) is 35.0 Å². The highest BCUT2D eigenvalue weighted by molar-refractivity contribution is 6.33. The van der Waals surface area contributed by atoms with E-state index in [4.69, 9.17) is 27.9 Å². The maximum atomic E-state index is 15.1. The van der Waals surface area contributed by atoms with Crippen LogP contribution in [0, 0.1) is 5.82 Å². The van der Waals surface area contributed by atoms with Gasteiger partial charge in [0.05, 0.1) is 45.6 Å². The second kappa shape index (κ2) is 10.9. The van der Waals surface area contributed by atoms with E-state index >= 15 is 4.39 Å². The number of rotatable bonds is 9. The molecule has 15 heteroatoms. The molecule has 0 aliphatic carbocycles. The van der Waals surface area contributed by atoms with Crippen molar-refractivity contribution in [3.63, 3.8) is 0 Å². The molecule has 1 aromatic carbocycles. The molecule has 5 aromatic rings. The zero-order valence-corrected chi connectivity index (χ0v) is 21.1. The average molecular weight is 564 g/mol. The molecule has 38 heavy (non-hydrogen) atoms. The van der Waals surface area contributed by atoms with Crippen molar-refractivity contribution < 1.29 is 17.9 Å². The van der Waals surface area contributed by atoms with Gasteiger partial charge in [0.15, 0.2) is 5.82 Å². The standard InChI is InChI=1S/C23H18Cl2F3N9O/c1-38-7-6-18(35-11-14(9-31-35)22-16(25)10-32-37(22)23(27)28)17-4-2-13(8-29-17)20-19(36-12-30-33-34-36)5-3-15(24)21(20)26/h2-5,8-12,18,23H,6-7H2,1H3. The topological polar surface area (TPSA) is 101 Å². The summed E-state index contributed by atoms with van der Waals surface area (Å²) in [7, 11) is 1.56. The second-order valence-corrected chi connectivity index (χ2v) is 8.87. The van der Waals surface area contributed by atoms with Gasteiger partial charge in [-0.1, -0.05) is 29.3 Å². The van der Waals surface area contributed by atoms with E-state index in [0.29, 0.717) is 40.2 Å². The third kappa shape index (κ3) is 4.87. The van der Waals surface area contributed by atoms with Gasteiger partial charge in [0.25, 0.3) is 0 Å². The minimum Gasteiger partial charge on any atom is -0.385 e. The third-order valence-corrected chi connectivity index (χ3v) is 6.38. The zero-order valence-electron chi connectivity index (χ0n) is 19.6. The molecule has 4 heterocycles. The zero-order chi connectivity index (χ0) is 26.8. The largest absolute Gasteiger partial charge is 0.385 e. The Hall–Kier alpha value is -3.81. The van der Waals surface area contributed by atoms with Crippen molar-refractivity contribution >= 4 is 23.2 Å². The molecule has 0 amide bonds. The molecule has 0 aliphatic heterocycles. The first-order chi connectivity index (χ1) is 18.4. The second-order valence-electron chi connectivity index (χ2n) is 8.05. The van der Waals surface area contributed by atoms with E-state index in [1.807, 2.05) is 0 Å². The molecular formula is C23H18Cl2F3N9O. The maximum absolute atomic E-state index is 15.1. The number of tetrazole rings is 1. The van der Waals surface area contributed by atoms with E-state index in [-0.39, 0.29) is 21.3 Å². The summed E-state index contributed by atoms with van der Waals surface area (Å²) in [4.78, 5) is 4.56. The van der Waals surface area contributed by atoms with E-state index in [2.05, 4.69) is 30.7 Å². The number of aromatic nitrogens is 9. The Morgan fingerprint density at radius 1 is 1.00 bits per heavy atom. The van der Waals surface area contributed by atoms with Gasteiger partial charge in [-0.2, -0.15) is 23.7 Å². The van der Waals surface area contributed by atoms with Crippen molar-refractivity contribution in [2.75, 3.05) is 13.7 Å². The first-order valence-corrected chi connectivity index (χ1v) is 11.9. The van der Waals surface area contributed by atoms with Crippen molar-refractivity contribution in [1.29, 1.82) is 0 Å². The molecule has 0 saturated carbocycles. The van der Waals surface area contributed by atoms with Crippen LogP contribution in [0.1, 0.15) is 24.7 Å². The molecule has 10 nitrogen and oxygen atoms in total. The van der Waals surface area contributed by atoms with Gasteiger partial charge < -0.3 is 4.74 Å². The van der Waals surface area contributed by atoms with Crippen LogP contribution < -0.4 is 0 Å². The summed E-state index contributed by atoms with van der Waals surface area (Å²) in [5.74, 6) is -0.644. The number of halogens is 5. The SMILES string of the molecule is COCCC(c1ccc(-c2c(-n3cnnn3)ccc(Cl)c2F)cn1)n1cc(-c2c(Cl)cnn2C(F)F)cn1. The Balaban J connectivity index is 1.52. The van der Waals surface area contributed by atoms with Crippen LogP contribution in [0.25, 0.3) is 28.1 Å². The highest BCUT2D eigenvalue weighted by Gasteiger charge is 2.23. The fourth-order valence-corrected chi connectivity index (χ4v) is 4.46. The van der Waals surface area contributed by atoms with Crippen molar-refractivity contribution in [3.05, 3.63) is 76.9 Å². The molecular weight excluding hydrogens is 546 g/mol. The van der Waals surface area contributed by atoms with Crippen LogP contribution in [0.15, 0.2) is 55.4 Å². The Bertz CT molecular complexity index is 1540.